The van der Waals surface area contributed by atoms with Crippen molar-refractivity contribution < 1.29 is 9.53 Å². The summed E-state index contributed by atoms with van der Waals surface area (Å²) >= 11 is 1.56. The van der Waals surface area contributed by atoms with Crippen molar-refractivity contribution in [1.29, 1.82) is 0 Å². The number of benzene rings is 3. The van der Waals surface area contributed by atoms with Crippen molar-refractivity contribution in [2.75, 3.05) is 39.2 Å². The summed E-state index contributed by atoms with van der Waals surface area (Å²) in [5.74, 6) is 0.804. The van der Waals surface area contributed by atoms with E-state index in [2.05, 4.69) is 30.0 Å². The Labute approximate surface area is 193 Å². The second kappa shape index (κ2) is 9.67. The molecule has 3 aromatic carbocycles. The van der Waals surface area contributed by atoms with Gasteiger partial charge in [0, 0.05) is 6.54 Å². The first-order chi connectivity index (χ1) is 15.5. The van der Waals surface area contributed by atoms with Gasteiger partial charge in [0.15, 0.2) is 5.13 Å². The van der Waals surface area contributed by atoms with Crippen LogP contribution in [0.5, 0.6) is 5.75 Å². The van der Waals surface area contributed by atoms with Crippen LogP contribution in [-0.4, -0.2) is 50.1 Å². The van der Waals surface area contributed by atoms with E-state index in [4.69, 9.17) is 9.72 Å². The number of thiazole rings is 1. The maximum atomic E-state index is 13.6. The van der Waals surface area contributed by atoms with E-state index in [1.54, 1.807) is 18.4 Å². The molecule has 0 atom stereocenters. The Morgan fingerprint density at radius 1 is 1.03 bits per heavy atom. The van der Waals surface area contributed by atoms with Crippen LogP contribution in [0, 0.1) is 6.92 Å². The van der Waals surface area contributed by atoms with Crippen molar-refractivity contribution in [3.8, 4) is 5.75 Å². The van der Waals surface area contributed by atoms with E-state index in [0.29, 0.717) is 13.0 Å². The molecular weight excluding hydrogens is 418 g/mol. The Morgan fingerprint density at radius 2 is 1.81 bits per heavy atom. The summed E-state index contributed by atoms with van der Waals surface area (Å²) in [6.07, 6.45) is 1.22. The van der Waals surface area contributed by atoms with E-state index in [1.165, 1.54) is 0 Å². The Morgan fingerprint density at radius 3 is 2.59 bits per heavy atom. The monoisotopic (exact) mass is 447 g/mol. The van der Waals surface area contributed by atoms with Crippen LogP contribution in [0.2, 0.25) is 0 Å². The maximum Gasteiger partial charge on any atom is 0.233 e. The molecule has 32 heavy (non-hydrogen) atoms. The van der Waals surface area contributed by atoms with E-state index in [9.17, 15) is 4.79 Å². The Bertz CT molecular complexity index is 1240. The van der Waals surface area contributed by atoms with Gasteiger partial charge in [-0.05, 0) is 62.0 Å². The van der Waals surface area contributed by atoms with Crippen molar-refractivity contribution in [2.24, 2.45) is 0 Å². The molecule has 0 N–H and O–H groups in total. The zero-order valence-electron chi connectivity index (χ0n) is 19.1. The van der Waals surface area contributed by atoms with Crippen molar-refractivity contribution >= 4 is 43.4 Å². The largest absolute Gasteiger partial charge is 0.494 e. The highest BCUT2D eigenvalue weighted by molar-refractivity contribution is 7.22. The fourth-order valence-electron chi connectivity index (χ4n) is 3.96. The summed E-state index contributed by atoms with van der Waals surface area (Å²) in [6, 6.07) is 18.3. The molecule has 6 heteroatoms. The molecule has 166 valence electrons. The molecule has 0 spiro atoms. The molecule has 1 amide bonds. The SMILES string of the molecule is COc1ccc(C)c2sc(N(CCCN(C)C)C(=O)Cc3cccc4ccccc34)nc12. The second-order valence-electron chi connectivity index (χ2n) is 8.28. The maximum absolute atomic E-state index is 13.6. The number of anilines is 1. The molecule has 5 nitrogen and oxygen atoms in total. The number of carbonyl (C=O) groups is 1. The smallest absolute Gasteiger partial charge is 0.233 e. The number of rotatable bonds is 8. The summed E-state index contributed by atoms with van der Waals surface area (Å²) in [6.45, 7) is 3.60. The number of amides is 1. The van der Waals surface area contributed by atoms with E-state index in [-0.39, 0.29) is 5.91 Å². The molecule has 1 heterocycles. The van der Waals surface area contributed by atoms with Crippen LogP contribution in [0.1, 0.15) is 17.5 Å². The fraction of sp³-hybridized carbons (Fsp3) is 0.308. The number of hydrogen-bond donors (Lipinski definition) is 0. The van der Waals surface area contributed by atoms with Gasteiger partial charge >= 0.3 is 0 Å². The summed E-state index contributed by atoms with van der Waals surface area (Å²) in [5.41, 5.74) is 3.00. The lowest BCUT2D eigenvalue weighted by Crippen LogP contribution is -2.34. The number of aryl methyl sites for hydroxylation is 1. The van der Waals surface area contributed by atoms with E-state index in [0.717, 1.165) is 56.0 Å². The van der Waals surface area contributed by atoms with Gasteiger partial charge in [0.25, 0.3) is 0 Å². The first-order valence-corrected chi connectivity index (χ1v) is 11.7. The summed E-state index contributed by atoms with van der Waals surface area (Å²) in [7, 11) is 5.76. The molecule has 0 saturated heterocycles. The molecule has 0 aliphatic carbocycles. The Balaban J connectivity index is 1.69. The number of methoxy groups -OCH3 is 1. The molecule has 4 rings (SSSR count). The highest BCUT2D eigenvalue weighted by atomic mass is 32.1. The third-order valence-corrected chi connectivity index (χ3v) is 6.87. The van der Waals surface area contributed by atoms with Gasteiger partial charge in [0.05, 0.1) is 18.2 Å². The van der Waals surface area contributed by atoms with Gasteiger partial charge in [0.1, 0.15) is 11.3 Å². The van der Waals surface area contributed by atoms with Crippen LogP contribution in [0.4, 0.5) is 5.13 Å². The van der Waals surface area contributed by atoms with Crippen molar-refractivity contribution in [1.82, 2.24) is 9.88 Å². The lowest BCUT2D eigenvalue weighted by Gasteiger charge is -2.21. The van der Waals surface area contributed by atoms with Crippen LogP contribution in [0.15, 0.2) is 54.6 Å². The molecule has 0 aliphatic heterocycles. The average molecular weight is 448 g/mol. The lowest BCUT2D eigenvalue weighted by molar-refractivity contribution is -0.118. The average Bonchev–Trinajstić information content (AvgIpc) is 3.23. The molecule has 0 unspecified atom stereocenters. The molecule has 4 aromatic rings. The number of carbonyl (C=O) groups excluding carboxylic acids is 1. The molecule has 0 saturated carbocycles. The second-order valence-corrected chi connectivity index (χ2v) is 9.25. The van der Waals surface area contributed by atoms with Crippen molar-refractivity contribution in [3.63, 3.8) is 0 Å². The Hall–Kier alpha value is -2.96. The van der Waals surface area contributed by atoms with E-state index < -0.39 is 0 Å². The summed E-state index contributed by atoms with van der Waals surface area (Å²) < 4.78 is 6.59. The van der Waals surface area contributed by atoms with Gasteiger partial charge in [-0.15, -0.1) is 0 Å². The Kier molecular flexibility index (Phi) is 6.72. The summed E-state index contributed by atoms with van der Waals surface area (Å²) in [4.78, 5) is 22.4. The molecule has 0 fully saturated rings. The number of fused-ring (bicyclic) bond motifs is 2. The van der Waals surface area contributed by atoms with Gasteiger partial charge in [0.2, 0.25) is 5.91 Å². The van der Waals surface area contributed by atoms with Crippen LogP contribution in [0.3, 0.4) is 0 Å². The van der Waals surface area contributed by atoms with Gasteiger partial charge in [-0.2, -0.15) is 0 Å². The normalized spacial score (nSPS) is 11.4. The number of nitrogens with zero attached hydrogens (tertiary/aromatic N) is 3. The molecule has 0 bridgehead atoms. The minimum Gasteiger partial charge on any atom is -0.494 e. The van der Waals surface area contributed by atoms with Crippen LogP contribution >= 0.6 is 11.3 Å². The number of hydrogen-bond acceptors (Lipinski definition) is 5. The van der Waals surface area contributed by atoms with Gasteiger partial charge < -0.3 is 9.64 Å². The van der Waals surface area contributed by atoms with E-state index in [1.807, 2.05) is 55.4 Å². The third kappa shape index (κ3) is 4.61. The topological polar surface area (TPSA) is 45.7 Å². The minimum absolute atomic E-state index is 0.0655. The minimum atomic E-state index is 0.0655. The predicted octanol–water partition coefficient (Wildman–Crippen LogP) is 5.29. The number of aromatic nitrogens is 1. The van der Waals surface area contributed by atoms with Gasteiger partial charge in [-0.25, -0.2) is 4.98 Å². The van der Waals surface area contributed by atoms with Crippen LogP contribution in [0.25, 0.3) is 21.0 Å². The van der Waals surface area contributed by atoms with Crippen LogP contribution in [-0.2, 0) is 11.2 Å². The van der Waals surface area contributed by atoms with Crippen molar-refractivity contribution in [3.05, 3.63) is 65.7 Å². The highest BCUT2D eigenvalue weighted by Crippen LogP contribution is 2.36. The quantitative estimate of drug-likeness (QED) is 0.368. The third-order valence-electron chi connectivity index (χ3n) is 5.65. The number of ether oxygens (including phenoxy) is 1. The first-order valence-electron chi connectivity index (χ1n) is 10.8. The molecule has 0 aliphatic rings. The predicted molar refractivity (Wildman–Crippen MR) is 134 cm³/mol. The zero-order valence-corrected chi connectivity index (χ0v) is 19.9. The molecular formula is C26H29N3O2S. The fourth-order valence-corrected chi connectivity index (χ4v) is 5.05. The van der Waals surface area contributed by atoms with Gasteiger partial charge in [-0.1, -0.05) is 59.9 Å². The highest BCUT2D eigenvalue weighted by Gasteiger charge is 2.22. The van der Waals surface area contributed by atoms with E-state index >= 15 is 0 Å². The zero-order chi connectivity index (χ0) is 22.7. The summed E-state index contributed by atoms with van der Waals surface area (Å²) in [5, 5.41) is 3.01. The first kappa shape index (κ1) is 22.2. The van der Waals surface area contributed by atoms with Crippen LogP contribution < -0.4 is 9.64 Å². The molecule has 1 aromatic heterocycles. The van der Waals surface area contributed by atoms with Gasteiger partial charge in [-0.3, -0.25) is 9.69 Å². The lowest BCUT2D eigenvalue weighted by atomic mass is 10.0. The standard InChI is InChI=1S/C26H29N3O2S/c1-18-13-14-22(31-4)24-25(18)32-26(27-24)29(16-8-15-28(2)3)23(30)17-20-11-7-10-19-9-5-6-12-21(19)20/h5-7,9-14H,8,15-17H2,1-4H3. The van der Waals surface area contributed by atoms with Crippen molar-refractivity contribution in [2.45, 2.75) is 19.8 Å². The molecule has 0 radical (unpaired) electrons.